The molecule has 1 atom stereocenters. The van der Waals surface area contributed by atoms with Gasteiger partial charge in [-0.15, -0.1) is 0 Å². The van der Waals surface area contributed by atoms with Crippen molar-refractivity contribution >= 4 is 46.8 Å². The number of carbonyl (C=O) groups excluding carboxylic acids is 1. The molecule has 0 aromatic heterocycles. The van der Waals surface area contributed by atoms with Crippen LogP contribution in [-0.2, 0) is 4.79 Å². The first-order valence-electron chi connectivity index (χ1n) is 6.77. The van der Waals surface area contributed by atoms with Crippen molar-refractivity contribution < 1.29 is 4.79 Å². The fourth-order valence-corrected chi connectivity index (χ4v) is 1.99. The molecule has 0 saturated heterocycles. The molecule has 1 rings (SSSR count). The smallest absolute Gasteiger partial charge is 0.245 e. The number of hydrogen-bond donors (Lipinski definition) is 2. The van der Waals surface area contributed by atoms with Crippen LogP contribution < -0.4 is 10.6 Å². The average Bonchev–Trinajstić information content (AvgIpc) is 2.44. The molecule has 0 bridgehead atoms. The molecule has 0 radical (unpaired) electrons. The quantitative estimate of drug-likeness (QED) is 0.339. The van der Waals surface area contributed by atoms with E-state index in [9.17, 15) is 4.79 Å². The van der Waals surface area contributed by atoms with Crippen LogP contribution in [0.2, 0.25) is 0 Å². The summed E-state index contributed by atoms with van der Waals surface area (Å²) >= 11 is 17.6. The van der Waals surface area contributed by atoms with Crippen LogP contribution in [0.5, 0.6) is 0 Å². The molecule has 0 saturated carbocycles. The second-order valence-corrected chi connectivity index (χ2v) is 6.90. The zero-order chi connectivity index (χ0) is 15.7. The molecule has 1 aromatic carbocycles. The number of amides is 1. The number of unbranched alkanes of at least 4 members (excludes halogenated alkanes) is 1. The lowest BCUT2D eigenvalue weighted by molar-refractivity contribution is -0.117. The molecule has 0 fully saturated rings. The van der Waals surface area contributed by atoms with Gasteiger partial charge in [0.1, 0.15) is 6.17 Å². The molecule has 0 aliphatic rings. The zero-order valence-electron chi connectivity index (χ0n) is 11.8. The highest BCUT2D eigenvalue weighted by Crippen LogP contribution is 2.29. The molecule has 0 unspecified atom stereocenters. The molecule has 2 N–H and O–H groups in total. The Morgan fingerprint density at radius 1 is 1.29 bits per heavy atom. The van der Waals surface area contributed by atoms with Crippen molar-refractivity contribution in [2.45, 2.75) is 29.7 Å². The van der Waals surface area contributed by atoms with E-state index in [1.807, 2.05) is 30.3 Å². The minimum Gasteiger partial charge on any atom is -0.333 e. The zero-order valence-corrected chi connectivity index (χ0v) is 14.1. The third-order valence-electron chi connectivity index (χ3n) is 2.72. The number of carbonyl (C=O) groups is 1. The summed E-state index contributed by atoms with van der Waals surface area (Å²) in [6.45, 7) is 2.73. The van der Waals surface area contributed by atoms with Gasteiger partial charge >= 0.3 is 0 Å². The monoisotopic (exact) mass is 348 g/mol. The normalized spacial score (nSPS) is 13.3. The van der Waals surface area contributed by atoms with Gasteiger partial charge in [-0.05, 0) is 24.6 Å². The fourth-order valence-electron chi connectivity index (χ4n) is 1.60. The maximum atomic E-state index is 11.9. The van der Waals surface area contributed by atoms with Gasteiger partial charge in [0.05, 0.1) is 0 Å². The van der Waals surface area contributed by atoms with Crippen molar-refractivity contribution in [3.8, 4) is 0 Å². The van der Waals surface area contributed by atoms with E-state index in [4.69, 9.17) is 34.8 Å². The Morgan fingerprint density at radius 3 is 2.52 bits per heavy atom. The van der Waals surface area contributed by atoms with Crippen LogP contribution in [0.3, 0.4) is 0 Å². The summed E-state index contributed by atoms with van der Waals surface area (Å²) in [4.78, 5) is 11.9. The minimum atomic E-state index is -1.61. The van der Waals surface area contributed by atoms with Crippen LogP contribution in [0, 0.1) is 0 Å². The van der Waals surface area contributed by atoms with Gasteiger partial charge in [-0.2, -0.15) is 0 Å². The standard InChI is InChI=1S/C15H19Cl3N2O/c1-2-3-11-19-14(15(16,17)18)20-13(21)10-9-12-7-5-4-6-8-12/h4-10,14,19H,2-3,11H2,1H3,(H,20,21)/b10-9+/t14-/m1/s1. The summed E-state index contributed by atoms with van der Waals surface area (Å²) in [5.41, 5.74) is 0.928. The summed E-state index contributed by atoms with van der Waals surface area (Å²) in [6, 6.07) is 9.50. The number of rotatable bonds is 7. The lowest BCUT2D eigenvalue weighted by Crippen LogP contribution is -2.53. The molecule has 0 heterocycles. The van der Waals surface area contributed by atoms with Gasteiger partial charge in [0.15, 0.2) is 0 Å². The van der Waals surface area contributed by atoms with E-state index in [-0.39, 0.29) is 5.91 Å². The van der Waals surface area contributed by atoms with Crippen molar-refractivity contribution in [2.24, 2.45) is 0 Å². The van der Waals surface area contributed by atoms with Gasteiger partial charge in [-0.25, -0.2) is 0 Å². The summed E-state index contributed by atoms with van der Waals surface area (Å²) in [5, 5.41) is 5.68. The summed E-state index contributed by atoms with van der Waals surface area (Å²) in [7, 11) is 0. The van der Waals surface area contributed by atoms with Gasteiger partial charge in [0, 0.05) is 6.08 Å². The van der Waals surface area contributed by atoms with Gasteiger partial charge in [0.25, 0.3) is 0 Å². The first-order chi connectivity index (χ1) is 9.93. The van der Waals surface area contributed by atoms with Crippen LogP contribution in [0.4, 0.5) is 0 Å². The Hall–Kier alpha value is -0.740. The largest absolute Gasteiger partial charge is 0.333 e. The van der Waals surface area contributed by atoms with Gasteiger partial charge in [-0.1, -0.05) is 78.5 Å². The van der Waals surface area contributed by atoms with E-state index < -0.39 is 9.96 Å². The molecule has 6 heteroatoms. The first-order valence-corrected chi connectivity index (χ1v) is 7.90. The minimum absolute atomic E-state index is 0.320. The molecule has 0 aliphatic carbocycles. The van der Waals surface area contributed by atoms with Crippen molar-refractivity contribution in [1.82, 2.24) is 10.6 Å². The van der Waals surface area contributed by atoms with E-state index in [1.54, 1.807) is 6.08 Å². The van der Waals surface area contributed by atoms with E-state index in [2.05, 4.69) is 17.6 Å². The van der Waals surface area contributed by atoms with E-state index in [0.717, 1.165) is 18.4 Å². The van der Waals surface area contributed by atoms with E-state index in [0.29, 0.717) is 6.54 Å². The summed E-state index contributed by atoms with van der Waals surface area (Å²) < 4.78 is -1.61. The van der Waals surface area contributed by atoms with E-state index >= 15 is 0 Å². The Labute approximate surface area is 140 Å². The van der Waals surface area contributed by atoms with Crippen molar-refractivity contribution in [3.05, 3.63) is 42.0 Å². The molecule has 0 aliphatic heterocycles. The highest BCUT2D eigenvalue weighted by atomic mass is 35.6. The van der Waals surface area contributed by atoms with Gasteiger partial charge in [-0.3, -0.25) is 10.1 Å². The van der Waals surface area contributed by atoms with Crippen molar-refractivity contribution in [2.75, 3.05) is 6.54 Å². The second-order valence-electron chi connectivity index (χ2n) is 4.53. The third-order valence-corrected chi connectivity index (χ3v) is 3.37. The highest BCUT2D eigenvalue weighted by Gasteiger charge is 2.32. The van der Waals surface area contributed by atoms with E-state index in [1.165, 1.54) is 6.08 Å². The van der Waals surface area contributed by atoms with Gasteiger partial charge in [0.2, 0.25) is 9.70 Å². The molecule has 1 amide bonds. The molecular weight excluding hydrogens is 331 g/mol. The average molecular weight is 350 g/mol. The number of halogens is 3. The molecule has 0 spiro atoms. The molecule has 3 nitrogen and oxygen atoms in total. The van der Waals surface area contributed by atoms with Crippen molar-refractivity contribution in [1.29, 1.82) is 0 Å². The van der Waals surface area contributed by atoms with Crippen LogP contribution in [0.1, 0.15) is 25.3 Å². The Kier molecular flexibility index (Phi) is 8.12. The Morgan fingerprint density at radius 2 is 1.95 bits per heavy atom. The number of nitrogens with one attached hydrogen (secondary N) is 2. The predicted molar refractivity (Wildman–Crippen MR) is 90.6 cm³/mol. The van der Waals surface area contributed by atoms with Crippen LogP contribution >= 0.6 is 34.8 Å². The highest BCUT2D eigenvalue weighted by molar-refractivity contribution is 6.68. The van der Waals surface area contributed by atoms with Crippen LogP contribution in [0.15, 0.2) is 36.4 Å². The second kappa shape index (κ2) is 9.31. The Balaban J connectivity index is 2.57. The number of hydrogen-bond acceptors (Lipinski definition) is 2. The topological polar surface area (TPSA) is 41.1 Å². The first kappa shape index (κ1) is 18.3. The fraction of sp³-hybridized carbons (Fsp3) is 0.400. The summed E-state index contributed by atoms with van der Waals surface area (Å²) in [6.07, 6.45) is 4.34. The maximum absolute atomic E-state index is 11.9. The maximum Gasteiger partial charge on any atom is 0.245 e. The molecule has 116 valence electrons. The van der Waals surface area contributed by atoms with Crippen molar-refractivity contribution in [3.63, 3.8) is 0 Å². The number of alkyl halides is 3. The molecular formula is C15H19Cl3N2O. The Bertz CT molecular complexity index is 458. The van der Waals surface area contributed by atoms with Gasteiger partial charge < -0.3 is 5.32 Å². The third kappa shape index (κ3) is 7.72. The number of benzene rings is 1. The van der Waals surface area contributed by atoms with Crippen LogP contribution in [0.25, 0.3) is 6.08 Å². The summed E-state index contributed by atoms with van der Waals surface area (Å²) in [5.74, 6) is -0.320. The van der Waals surface area contributed by atoms with Crippen LogP contribution in [-0.4, -0.2) is 22.4 Å². The lowest BCUT2D eigenvalue weighted by Gasteiger charge is -2.26. The predicted octanol–water partition coefficient (Wildman–Crippen LogP) is 3.90. The molecule has 1 aromatic rings. The SMILES string of the molecule is CCCCN[C@H](NC(=O)/C=C/c1ccccc1)C(Cl)(Cl)Cl. The molecule has 21 heavy (non-hydrogen) atoms. The lowest BCUT2D eigenvalue weighted by atomic mass is 10.2.